The van der Waals surface area contributed by atoms with Crippen LogP contribution in [0.3, 0.4) is 0 Å². The summed E-state index contributed by atoms with van der Waals surface area (Å²) in [5, 5.41) is 3.92. The molecule has 0 saturated carbocycles. The predicted octanol–water partition coefficient (Wildman–Crippen LogP) is 3.56. The molecule has 1 atom stereocenters. The number of rotatable bonds is 7. The number of anilines is 1. The lowest BCUT2D eigenvalue weighted by molar-refractivity contribution is -0.127. The number of aryl methyl sites for hydroxylation is 1. The predicted molar refractivity (Wildman–Crippen MR) is 129 cm³/mol. The van der Waals surface area contributed by atoms with Crippen LogP contribution in [0.2, 0.25) is 0 Å². The molecule has 1 amide bonds. The van der Waals surface area contributed by atoms with Crippen LogP contribution in [0.25, 0.3) is 10.3 Å². The molecule has 35 heavy (non-hydrogen) atoms. The van der Waals surface area contributed by atoms with Gasteiger partial charge in [0.2, 0.25) is 5.95 Å². The van der Waals surface area contributed by atoms with Crippen LogP contribution in [0.15, 0.2) is 18.5 Å². The number of halogens is 1. The van der Waals surface area contributed by atoms with Crippen LogP contribution >= 0.6 is 11.3 Å². The van der Waals surface area contributed by atoms with Crippen LogP contribution in [-0.2, 0) is 9.53 Å². The fourth-order valence-electron chi connectivity index (χ4n) is 4.56. The maximum atomic E-state index is 13.6. The first-order valence-electron chi connectivity index (χ1n) is 11.8. The lowest BCUT2D eigenvalue weighted by Gasteiger charge is -2.39. The molecule has 5 rings (SSSR count). The highest BCUT2D eigenvalue weighted by atomic mass is 32.1. The second-order valence-electron chi connectivity index (χ2n) is 9.22. The third-order valence-electron chi connectivity index (χ3n) is 6.55. The number of carbonyl (C=O) groups is 2. The second kappa shape index (κ2) is 9.90. The SMILES string of the molecule is Cc1nc2nc(N[C@@H](C)c3cncc(F)c3)nc(C(=O)N3CC(CC(=O)C4CCOCC4)C3)c2s1. The van der Waals surface area contributed by atoms with Gasteiger partial charge >= 0.3 is 0 Å². The number of aromatic nitrogens is 4. The Hall–Kier alpha value is -3.05. The maximum Gasteiger partial charge on any atom is 0.274 e. The zero-order valence-corrected chi connectivity index (χ0v) is 20.5. The summed E-state index contributed by atoms with van der Waals surface area (Å²) in [6, 6.07) is 1.06. The minimum Gasteiger partial charge on any atom is -0.381 e. The van der Waals surface area contributed by atoms with Crippen molar-refractivity contribution in [3.05, 3.63) is 40.5 Å². The summed E-state index contributed by atoms with van der Waals surface area (Å²) in [4.78, 5) is 45.0. The van der Waals surface area contributed by atoms with Crippen molar-refractivity contribution in [2.45, 2.75) is 39.2 Å². The highest BCUT2D eigenvalue weighted by Crippen LogP contribution is 2.30. The molecule has 0 unspecified atom stereocenters. The van der Waals surface area contributed by atoms with Gasteiger partial charge in [0, 0.05) is 50.8 Å². The summed E-state index contributed by atoms with van der Waals surface area (Å²) in [6.07, 6.45) is 4.79. The Morgan fingerprint density at radius 3 is 2.74 bits per heavy atom. The number of pyridine rings is 1. The fourth-order valence-corrected chi connectivity index (χ4v) is 5.40. The van der Waals surface area contributed by atoms with Crippen molar-refractivity contribution in [2.24, 2.45) is 11.8 Å². The molecule has 11 heteroatoms. The Labute approximate surface area is 206 Å². The second-order valence-corrected chi connectivity index (χ2v) is 10.4. The number of nitrogens with one attached hydrogen (secondary N) is 1. The van der Waals surface area contributed by atoms with E-state index in [9.17, 15) is 14.0 Å². The lowest BCUT2D eigenvalue weighted by atomic mass is 9.86. The molecule has 0 aliphatic carbocycles. The highest BCUT2D eigenvalue weighted by Gasteiger charge is 2.36. The average Bonchev–Trinajstić information content (AvgIpc) is 3.20. The van der Waals surface area contributed by atoms with Gasteiger partial charge in [-0.25, -0.2) is 14.4 Å². The third kappa shape index (κ3) is 5.15. The maximum absolute atomic E-state index is 13.6. The Kier molecular flexibility index (Phi) is 6.70. The van der Waals surface area contributed by atoms with Crippen molar-refractivity contribution in [3.63, 3.8) is 0 Å². The molecule has 0 bridgehead atoms. The van der Waals surface area contributed by atoms with Gasteiger partial charge in [0.05, 0.1) is 17.2 Å². The van der Waals surface area contributed by atoms with Crippen LogP contribution in [0.5, 0.6) is 0 Å². The number of hydrogen-bond acceptors (Lipinski definition) is 9. The number of Topliss-reactive ketones (excluding diaryl/α,β-unsaturated/α-hetero) is 1. The molecule has 9 nitrogen and oxygen atoms in total. The number of ketones is 1. The first kappa shape index (κ1) is 23.7. The number of ether oxygens (including phenoxy) is 1. The average molecular weight is 499 g/mol. The van der Waals surface area contributed by atoms with Crippen molar-refractivity contribution in [1.29, 1.82) is 0 Å². The summed E-state index contributed by atoms with van der Waals surface area (Å²) in [7, 11) is 0. The van der Waals surface area contributed by atoms with E-state index < -0.39 is 5.82 Å². The van der Waals surface area contributed by atoms with E-state index in [-0.39, 0.29) is 35.5 Å². The molecular weight excluding hydrogens is 471 g/mol. The van der Waals surface area contributed by atoms with Gasteiger partial charge in [-0.05, 0) is 38.3 Å². The summed E-state index contributed by atoms with van der Waals surface area (Å²) in [5.74, 6) is 0.155. The van der Waals surface area contributed by atoms with E-state index in [0.717, 1.165) is 24.0 Å². The molecule has 3 aromatic heterocycles. The Morgan fingerprint density at radius 1 is 1.23 bits per heavy atom. The van der Waals surface area contributed by atoms with Gasteiger partial charge in [-0.2, -0.15) is 4.98 Å². The summed E-state index contributed by atoms with van der Waals surface area (Å²) >= 11 is 1.38. The number of likely N-dealkylation sites (tertiary alicyclic amines) is 1. The van der Waals surface area contributed by atoms with E-state index in [1.54, 1.807) is 11.1 Å². The van der Waals surface area contributed by atoms with Crippen LogP contribution in [-0.4, -0.2) is 62.8 Å². The standard InChI is InChI=1S/C24H27FN6O3S/c1-13(17-8-18(25)10-26-9-17)27-24-29-20(21-22(30-24)28-14(2)35-21)23(33)31-11-15(12-31)7-19(32)16-3-5-34-6-4-16/h8-10,13,15-16H,3-7,11-12H2,1-2H3,(H,27,29,30)/t13-/m0/s1. The van der Waals surface area contributed by atoms with Crippen LogP contribution < -0.4 is 5.32 Å². The zero-order chi connectivity index (χ0) is 24.5. The van der Waals surface area contributed by atoms with E-state index >= 15 is 0 Å². The molecule has 2 aliphatic heterocycles. The van der Waals surface area contributed by atoms with Gasteiger partial charge in [-0.1, -0.05) is 0 Å². The van der Waals surface area contributed by atoms with Crippen molar-refractivity contribution < 1.29 is 18.7 Å². The van der Waals surface area contributed by atoms with Gasteiger partial charge < -0.3 is 15.0 Å². The molecule has 2 fully saturated rings. The summed E-state index contributed by atoms with van der Waals surface area (Å²) in [6.45, 7) is 6.06. The number of fused-ring (bicyclic) bond motifs is 1. The Bertz CT molecular complexity index is 1260. The lowest BCUT2D eigenvalue weighted by Crippen LogP contribution is -2.51. The smallest absolute Gasteiger partial charge is 0.274 e. The van der Waals surface area contributed by atoms with Crippen molar-refractivity contribution in [1.82, 2.24) is 24.8 Å². The van der Waals surface area contributed by atoms with E-state index in [0.29, 0.717) is 54.3 Å². The number of hydrogen-bond donors (Lipinski definition) is 1. The van der Waals surface area contributed by atoms with Crippen molar-refractivity contribution in [3.8, 4) is 0 Å². The van der Waals surface area contributed by atoms with E-state index in [1.165, 1.54) is 17.4 Å². The molecule has 2 aliphatic rings. The highest BCUT2D eigenvalue weighted by molar-refractivity contribution is 7.18. The van der Waals surface area contributed by atoms with Gasteiger partial charge in [-0.15, -0.1) is 11.3 Å². The van der Waals surface area contributed by atoms with E-state index in [2.05, 4.69) is 25.3 Å². The largest absolute Gasteiger partial charge is 0.381 e. The molecule has 184 valence electrons. The molecule has 0 spiro atoms. The summed E-state index contributed by atoms with van der Waals surface area (Å²) in [5.41, 5.74) is 1.38. The number of nitrogens with zero attached hydrogens (tertiary/aromatic N) is 5. The number of amides is 1. The topological polar surface area (TPSA) is 110 Å². The van der Waals surface area contributed by atoms with Gasteiger partial charge in [0.1, 0.15) is 16.3 Å². The minimum absolute atomic E-state index is 0.0825. The van der Waals surface area contributed by atoms with Crippen LogP contribution in [0.1, 0.15) is 53.3 Å². The molecule has 2 saturated heterocycles. The Morgan fingerprint density at radius 2 is 2.00 bits per heavy atom. The van der Waals surface area contributed by atoms with Gasteiger partial charge in [0.15, 0.2) is 11.3 Å². The first-order valence-corrected chi connectivity index (χ1v) is 12.6. The number of carbonyl (C=O) groups excluding carboxylic acids is 2. The monoisotopic (exact) mass is 498 g/mol. The van der Waals surface area contributed by atoms with Gasteiger partial charge in [-0.3, -0.25) is 14.6 Å². The molecule has 1 N–H and O–H groups in total. The minimum atomic E-state index is -0.429. The zero-order valence-electron chi connectivity index (χ0n) is 19.7. The molecule has 0 aromatic carbocycles. The third-order valence-corrected chi connectivity index (χ3v) is 7.51. The van der Waals surface area contributed by atoms with Gasteiger partial charge in [0.25, 0.3) is 5.91 Å². The Balaban J connectivity index is 1.29. The quantitative estimate of drug-likeness (QED) is 0.527. The molecule has 0 radical (unpaired) electrons. The number of thiazole rings is 1. The first-order chi connectivity index (χ1) is 16.9. The molecular formula is C24H27FN6O3S. The van der Waals surface area contributed by atoms with Crippen molar-refractivity contribution in [2.75, 3.05) is 31.6 Å². The van der Waals surface area contributed by atoms with Crippen LogP contribution in [0.4, 0.5) is 10.3 Å². The van der Waals surface area contributed by atoms with Crippen molar-refractivity contribution >= 4 is 39.3 Å². The van der Waals surface area contributed by atoms with E-state index in [4.69, 9.17) is 4.74 Å². The molecule has 3 aromatic rings. The van der Waals surface area contributed by atoms with E-state index in [1.807, 2.05) is 13.8 Å². The normalized spacial score (nSPS) is 17.9. The fraction of sp³-hybridized carbons (Fsp3) is 0.500. The molecule has 5 heterocycles. The van der Waals surface area contributed by atoms with Crippen LogP contribution in [0, 0.1) is 24.6 Å². The summed E-state index contributed by atoms with van der Waals surface area (Å²) < 4.78 is 19.6.